The molecule has 1 heterocycles. The van der Waals surface area contributed by atoms with Crippen LogP contribution in [0.25, 0.3) is 0 Å². The fourth-order valence-electron chi connectivity index (χ4n) is 1.76. The van der Waals surface area contributed by atoms with Crippen molar-refractivity contribution in [2.75, 3.05) is 0 Å². The summed E-state index contributed by atoms with van der Waals surface area (Å²) in [6.45, 7) is 1.88. The van der Waals surface area contributed by atoms with E-state index in [1.54, 1.807) is 12.3 Å². The highest BCUT2D eigenvalue weighted by Crippen LogP contribution is 2.19. The Morgan fingerprint density at radius 3 is 2.67 bits per heavy atom. The van der Waals surface area contributed by atoms with E-state index in [0.29, 0.717) is 0 Å². The Hall–Kier alpha value is -1.81. The lowest BCUT2D eigenvalue weighted by Crippen LogP contribution is -2.14. The second-order valence-corrected chi connectivity index (χ2v) is 4.26. The van der Waals surface area contributed by atoms with E-state index in [-0.39, 0.29) is 12.0 Å². The highest BCUT2D eigenvalue weighted by atomic mass is 19.2. The predicted molar refractivity (Wildman–Crippen MR) is 66.0 cm³/mol. The van der Waals surface area contributed by atoms with Crippen LogP contribution in [0.3, 0.4) is 0 Å². The fraction of sp³-hybridized carbons (Fsp3) is 0.214. The van der Waals surface area contributed by atoms with Crippen molar-refractivity contribution < 1.29 is 8.78 Å². The van der Waals surface area contributed by atoms with Crippen molar-refractivity contribution in [1.82, 2.24) is 4.98 Å². The molecule has 0 saturated carbocycles. The molecule has 1 aromatic heterocycles. The Kier molecular flexibility index (Phi) is 3.67. The number of nitrogens with two attached hydrogens (primary N) is 1. The molecule has 1 aromatic carbocycles. The van der Waals surface area contributed by atoms with E-state index < -0.39 is 17.7 Å². The van der Waals surface area contributed by atoms with Gasteiger partial charge in [0.05, 0.1) is 0 Å². The first-order chi connectivity index (χ1) is 8.58. The van der Waals surface area contributed by atoms with Crippen LogP contribution in [-0.2, 0) is 6.42 Å². The van der Waals surface area contributed by atoms with Gasteiger partial charge in [0.1, 0.15) is 0 Å². The van der Waals surface area contributed by atoms with Crippen LogP contribution in [0.2, 0.25) is 0 Å². The first-order valence-corrected chi connectivity index (χ1v) is 5.69. The minimum absolute atomic E-state index is 0.244. The van der Waals surface area contributed by atoms with Gasteiger partial charge < -0.3 is 5.73 Å². The number of nitrogens with zero attached hydrogens (tertiary/aromatic N) is 1. The number of aromatic nitrogens is 1. The zero-order chi connectivity index (χ0) is 13.1. The molecule has 94 valence electrons. The first kappa shape index (κ1) is 12.6. The van der Waals surface area contributed by atoms with E-state index in [1.807, 2.05) is 19.1 Å². The highest BCUT2D eigenvalue weighted by Gasteiger charge is 2.13. The van der Waals surface area contributed by atoms with Crippen LogP contribution >= 0.6 is 0 Å². The smallest absolute Gasteiger partial charge is 0.162 e. The lowest BCUT2D eigenvalue weighted by atomic mass is 10.0. The van der Waals surface area contributed by atoms with Crippen molar-refractivity contribution >= 4 is 0 Å². The average molecular weight is 248 g/mol. The Morgan fingerprint density at radius 1 is 1.22 bits per heavy atom. The van der Waals surface area contributed by atoms with E-state index in [2.05, 4.69) is 4.98 Å². The largest absolute Gasteiger partial charge is 0.324 e. The molecule has 0 aliphatic heterocycles. The molecule has 0 bridgehead atoms. The zero-order valence-corrected chi connectivity index (χ0v) is 10.0. The van der Waals surface area contributed by atoms with Gasteiger partial charge in [-0.25, -0.2) is 8.78 Å². The molecule has 0 saturated heterocycles. The average Bonchev–Trinajstić information content (AvgIpc) is 2.36. The van der Waals surface area contributed by atoms with Gasteiger partial charge in [-0.15, -0.1) is 0 Å². The van der Waals surface area contributed by atoms with E-state index in [4.69, 9.17) is 5.73 Å². The quantitative estimate of drug-likeness (QED) is 0.907. The van der Waals surface area contributed by atoms with Crippen LogP contribution in [0.15, 0.2) is 36.5 Å². The molecule has 0 spiro atoms. The summed E-state index contributed by atoms with van der Waals surface area (Å²) in [4.78, 5) is 4.13. The van der Waals surface area contributed by atoms with Gasteiger partial charge in [-0.3, -0.25) is 4.98 Å². The molecule has 2 N–H and O–H groups in total. The van der Waals surface area contributed by atoms with Crippen molar-refractivity contribution in [2.45, 2.75) is 19.4 Å². The van der Waals surface area contributed by atoms with Gasteiger partial charge in [-0.05, 0) is 36.6 Å². The summed E-state index contributed by atoms with van der Waals surface area (Å²) in [6.07, 6.45) is 1.91. The maximum Gasteiger partial charge on any atom is 0.162 e. The normalized spacial score (nSPS) is 12.4. The van der Waals surface area contributed by atoms with Gasteiger partial charge in [-0.2, -0.15) is 0 Å². The third-order valence-corrected chi connectivity index (χ3v) is 2.83. The minimum Gasteiger partial charge on any atom is -0.324 e. The van der Waals surface area contributed by atoms with E-state index in [9.17, 15) is 8.78 Å². The van der Waals surface area contributed by atoms with Gasteiger partial charge in [0.2, 0.25) is 0 Å². The van der Waals surface area contributed by atoms with Gasteiger partial charge in [0.15, 0.2) is 11.6 Å². The number of rotatable bonds is 3. The topological polar surface area (TPSA) is 38.9 Å². The van der Waals surface area contributed by atoms with Crippen molar-refractivity contribution in [3.8, 4) is 0 Å². The summed E-state index contributed by atoms with van der Waals surface area (Å²) >= 11 is 0. The molecule has 0 radical (unpaired) electrons. The molecule has 0 aliphatic carbocycles. The molecule has 2 aromatic rings. The predicted octanol–water partition coefficient (Wildman–Crippen LogP) is 2.91. The van der Waals surface area contributed by atoms with E-state index in [1.165, 1.54) is 6.07 Å². The van der Waals surface area contributed by atoms with Gasteiger partial charge >= 0.3 is 0 Å². The summed E-state index contributed by atoms with van der Waals surface area (Å²) in [5, 5.41) is 0. The van der Waals surface area contributed by atoms with Crippen LogP contribution in [0.5, 0.6) is 0 Å². The lowest BCUT2D eigenvalue weighted by molar-refractivity contribution is 0.494. The molecule has 2 nitrogen and oxygen atoms in total. The van der Waals surface area contributed by atoms with Crippen molar-refractivity contribution in [3.05, 3.63) is 65.0 Å². The summed E-state index contributed by atoms with van der Waals surface area (Å²) in [5.74, 6) is -1.67. The molecular weight excluding hydrogens is 234 g/mol. The third-order valence-electron chi connectivity index (χ3n) is 2.83. The number of hydrogen-bond acceptors (Lipinski definition) is 2. The maximum absolute atomic E-state index is 13.5. The molecule has 2 rings (SSSR count). The first-order valence-electron chi connectivity index (χ1n) is 5.69. The SMILES string of the molecule is Cc1ccc(C(N)Cc2cccc(F)c2F)cn1. The van der Waals surface area contributed by atoms with Gasteiger partial charge in [-0.1, -0.05) is 18.2 Å². The van der Waals surface area contributed by atoms with Crippen LogP contribution in [-0.4, -0.2) is 4.98 Å². The molecular formula is C14H14F2N2. The van der Waals surface area contributed by atoms with Gasteiger partial charge in [0, 0.05) is 17.9 Å². The van der Waals surface area contributed by atoms with Gasteiger partial charge in [0.25, 0.3) is 0 Å². The van der Waals surface area contributed by atoms with E-state index >= 15 is 0 Å². The number of hydrogen-bond donors (Lipinski definition) is 1. The summed E-state index contributed by atoms with van der Waals surface area (Å²) in [5.41, 5.74) is 7.95. The second kappa shape index (κ2) is 5.23. The molecule has 1 unspecified atom stereocenters. The summed E-state index contributed by atoms with van der Waals surface area (Å²) in [6, 6.07) is 7.42. The highest BCUT2D eigenvalue weighted by molar-refractivity contribution is 5.24. The molecule has 0 amide bonds. The van der Waals surface area contributed by atoms with Crippen LogP contribution in [0.4, 0.5) is 8.78 Å². The van der Waals surface area contributed by atoms with Crippen LogP contribution in [0, 0.1) is 18.6 Å². The molecule has 18 heavy (non-hydrogen) atoms. The standard InChI is InChI=1S/C14H14F2N2/c1-9-5-6-11(8-18-9)13(17)7-10-3-2-4-12(15)14(10)16/h2-6,8,13H,7,17H2,1H3. The number of aryl methyl sites for hydroxylation is 1. The van der Waals surface area contributed by atoms with Crippen molar-refractivity contribution in [3.63, 3.8) is 0 Å². The minimum atomic E-state index is -0.846. The fourth-order valence-corrected chi connectivity index (χ4v) is 1.76. The zero-order valence-electron chi connectivity index (χ0n) is 10.0. The number of benzene rings is 1. The third kappa shape index (κ3) is 2.71. The summed E-state index contributed by atoms with van der Waals surface area (Å²) in [7, 11) is 0. The number of halogens is 2. The van der Waals surface area contributed by atoms with Crippen LogP contribution in [0.1, 0.15) is 22.9 Å². The molecule has 1 atom stereocenters. The second-order valence-electron chi connectivity index (χ2n) is 4.26. The molecule has 0 aliphatic rings. The summed E-state index contributed by atoms with van der Waals surface area (Å²) < 4.78 is 26.6. The number of pyridine rings is 1. The Bertz CT molecular complexity index is 538. The molecule has 0 fully saturated rings. The van der Waals surface area contributed by atoms with E-state index in [0.717, 1.165) is 17.3 Å². The Morgan fingerprint density at radius 2 is 2.00 bits per heavy atom. The lowest BCUT2D eigenvalue weighted by Gasteiger charge is -2.12. The monoisotopic (exact) mass is 248 g/mol. The van der Waals surface area contributed by atoms with Crippen LogP contribution < -0.4 is 5.73 Å². The Labute approximate surface area is 104 Å². The van der Waals surface area contributed by atoms with Crippen molar-refractivity contribution in [2.24, 2.45) is 5.73 Å². The molecule has 4 heteroatoms. The Balaban J connectivity index is 2.18. The maximum atomic E-state index is 13.5. The van der Waals surface area contributed by atoms with Crippen molar-refractivity contribution in [1.29, 1.82) is 0 Å².